The van der Waals surface area contributed by atoms with Gasteiger partial charge >= 0.3 is 0 Å². The molecule has 4 rings (SSSR count). The highest BCUT2D eigenvalue weighted by molar-refractivity contribution is 5.24. The van der Waals surface area contributed by atoms with Gasteiger partial charge in [0.15, 0.2) is 0 Å². The van der Waals surface area contributed by atoms with Gasteiger partial charge in [-0.2, -0.15) is 0 Å². The first-order valence-corrected chi connectivity index (χ1v) is 9.41. The van der Waals surface area contributed by atoms with Crippen molar-refractivity contribution in [2.24, 2.45) is 7.05 Å². The van der Waals surface area contributed by atoms with Crippen LogP contribution in [-0.4, -0.2) is 26.2 Å². The summed E-state index contributed by atoms with van der Waals surface area (Å²) in [4.78, 5) is 7.63. The van der Waals surface area contributed by atoms with Crippen molar-refractivity contribution < 1.29 is 4.52 Å². The summed E-state index contributed by atoms with van der Waals surface area (Å²) in [5, 5.41) is 4.22. The van der Waals surface area contributed by atoms with Gasteiger partial charge in [0.05, 0.1) is 17.4 Å². The number of nitrogens with zero attached hydrogens (tertiary/aromatic N) is 4. The van der Waals surface area contributed by atoms with E-state index in [0.29, 0.717) is 6.04 Å². The van der Waals surface area contributed by atoms with Gasteiger partial charge in [0.2, 0.25) is 0 Å². The molecule has 1 saturated heterocycles. The van der Waals surface area contributed by atoms with E-state index in [1.165, 1.54) is 54.9 Å². The molecule has 0 bridgehead atoms. The molecule has 1 aliphatic heterocycles. The molecule has 2 aromatic rings. The molecule has 3 heterocycles. The number of fused-ring (bicyclic) bond motifs is 1. The van der Waals surface area contributed by atoms with Gasteiger partial charge in [-0.05, 0) is 58.4 Å². The average molecular weight is 328 g/mol. The smallest absolute Gasteiger partial charge is 0.138 e. The Balaban J connectivity index is 1.61. The Morgan fingerprint density at radius 3 is 2.83 bits per heavy atom. The summed E-state index contributed by atoms with van der Waals surface area (Å²) in [7, 11) is 2.21. The number of rotatable bonds is 4. The van der Waals surface area contributed by atoms with Crippen LogP contribution in [0, 0.1) is 6.92 Å². The fourth-order valence-corrected chi connectivity index (χ4v) is 4.43. The maximum Gasteiger partial charge on any atom is 0.138 e. The molecule has 0 spiro atoms. The first-order valence-electron chi connectivity index (χ1n) is 9.41. The van der Waals surface area contributed by atoms with E-state index >= 15 is 0 Å². The monoisotopic (exact) mass is 328 g/mol. The van der Waals surface area contributed by atoms with E-state index in [9.17, 15) is 0 Å². The molecule has 1 unspecified atom stereocenters. The van der Waals surface area contributed by atoms with Crippen LogP contribution in [-0.2, 0) is 32.9 Å². The summed E-state index contributed by atoms with van der Waals surface area (Å²) >= 11 is 0. The van der Waals surface area contributed by atoms with E-state index in [-0.39, 0.29) is 0 Å². The van der Waals surface area contributed by atoms with Gasteiger partial charge in [-0.25, -0.2) is 4.98 Å². The standard InChI is InChI=1S/C19H28N4O/c1-4-15-14(13(2)24-21-15)12-23-11-7-10-18(23)19-20-16-8-5-6-9-17(16)22(19)3/h18H,4-12H2,1-3H3. The van der Waals surface area contributed by atoms with E-state index in [2.05, 4.69) is 28.6 Å². The number of hydrogen-bond acceptors (Lipinski definition) is 4. The zero-order chi connectivity index (χ0) is 16.7. The lowest BCUT2D eigenvalue weighted by Gasteiger charge is -2.24. The Bertz CT molecular complexity index is 730. The van der Waals surface area contributed by atoms with Gasteiger partial charge in [0.1, 0.15) is 11.6 Å². The molecule has 0 saturated carbocycles. The third kappa shape index (κ3) is 2.59. The van der Waals surface area contributed by atoms with E-state index in [0.717, 1.165) is 37.4 Å². The molecule has 0 radical (unpaired) electrons. The second kappa shape index (κ2) is 6.36. The van der Waals surface area contributed by atoms with Crippen LogP contribution >= 0.6 is 0 Å². The molecule has 24 heavy (non-hydrogen) atoms. The minimum absolute atomic E-state index is 0.430. The normalized spacial score (nSPS) is 21.4. The third-order valence-corrected chi connectivity index (χ3v) is 5.83. The van der Waals surface area contributed by atoms with Crippen molar-refractivity contribution in [2.45, 2.75) is 71.4 Å². The Kier molecular flexibility index (Phi) is 4.21. The van der Waals surface area contributed by atoms with E-state index in [1.807, 2.05) is 6.92 Å². The lowest BCUT2D eigenvalue weighted by Crippen LogP contribution is -2.25. The molecule has 1 atom stereocenters. The van der Waals surface area contributed by atoms with Crippen molar-refractivity contribution in [1.82, 2.24) is 19.6 Å². The molecule has 130 valence electrons. The average Bonchev–Trinajstić information content (AvgIpc) is 3.28. The largest absolute Gasteiger partial charge is 0.361 e. The topological polar surface area (TPSA) is 47.1 Å². The number of hydrogen-bond donors (Lipinski definition) is 0. The lowest BCUT2D eigenvalue weighted by molar-refractivity contribution is 0.234. The second-order valence-corrected chi connectivity index (χ2v) is 7.28. The van der Waals surface area contributed by atoms with E-state index in [4.69, 9.17) is 9.51 Å². The Hall–Kier alpha value is -1.62. The first kappa shape index (κ1) is 15.9. The summed E-state index contributed by atoms with van der Waals surface area (Å²) in [5.41, 5.74) is 5.21. The highest BCUT2D eigenvalue weighted by Gasteiger charge is 2.32. The van der Waals surface area contributed by atoms with Crippen molar-refractivity contribution in [2.75, 3.05) is 6.54 Å². The molecule has 0 aromatic carbocycles. The van der Waals surface area contributed by atoms with E-state index in [1.54, 1.807) is 0 Å². The van der Waals surface area contributed by atoms with Gasteiger partial charge in [-0.3, -0.25) is 4.90 Å². The van der Waals surface area contributed by atoms with Crippen LogP contribution in [0.5, 0.6) is 0 Å². The fourth-order valence-electron chi connectivity index (χ4n) is 4.43. The van der Waals surface area contributed by atoms with Crippen LogP contribution < -0.4 is 0 Å². The SMILES string of the molecule is CCc1noc(C)c1CN1CCCC1c1nc2c(n1C)CCCC2. The van der Waals surface area contributed by atoms with Crippen LogP contribution in [0.4, 0.5) is 0 Å². The first-order chi connectivity index (χ1) is 11.7. The van der Waals surface area contributed by atoms with Gasteiger partial charge < -0.3 is 9.09 Å². The zero-order valence-electron chi connectivity index (χ0n) is 15.1. The van der Waals surface area contributed by atoms with Crippen molar-refractivity contribution in [3.63, 3.8) is 0 Å². The number of likely N-dealkylation sites (tertiary alicyclic amines) is 1. The lowest BCUT2D eigenvalue weighted by atomic mass is 10.0. The zero-order valence-corrected chi connectivity index (χ0v) is 15.1. The minimum atomic E-state index is 0.430. The van der Waals surface area contributed by atoms with Crippen molar-refractivity contribution in [3.8, 4) is 0 Å². The second-order valence-electron chi connectivity index (χ2n) is 7.28. The third-order valence-electron chi connectivity index (χ3n) is 5.83. The van der Waals surface area contributed by atoms with Crippen molar-refractivity contribution >= 4 is 0 Å². The molecule has 2 aromatic heterocycles. The van der Waals surface area contributed by atoms with Crippen molar-refractivity contribution in [3.05, 3.63) is 34.2 Å². The highest BCUT2D eigenvalue weighted by atomic mass is 16.5. The van der Waals surface area contributed by atoms with Crippen LogP contribution in [0.3, 0.4) is 0 Å². The number of imidazole rings is 1. The van der Waals surface area contributed by atoms with Gasteiger partial charge in [0.25, 0.3) is 0 Å². The number of aryl methyl sites for hydroxylation is 3. The molecule has 5 heteroatoms. The fraction of sp³-hybridized carbons (Fsp3) is 0.684. The Morgan fingerprint density at radius 1 is 1.21 bits per heavy atom. The predicted octanol–water partition coefficient (Wildman–Crippen LogP) is 3.49. The van der Waals surface area contributed by atoms with E-state index < -0.39 is 0 Å². The summed E-state index contributed by atoms with van der Waals surface area (Å²) < 4.78 is 7.82. The van der Waals surface area contributed by atoms with Crippen LogP contribution in [0.2, 0.25) is 0 Å². The quantitative estimate of drug-likeness (QED) is 0.862. The molecule has 1 aliphatic carbocycles. The summed E-state index contributed by atoms with van der Waals surface area (Å²) in [6.07, 6.45) is 8.32. The van der Waals surface area contributed by atoms with Gasteiger partial charge in [0, 0.05) is 24.8 Å². The number of aromatic nitrogens is 3. The molecule has 0 N–H and O–H groups in total. The highest BCUT2D eigenvalue weighted by Crippen LogP contribution is 2.35. The van der Waals surface area contributed by atoms with Gasteiger partial charge in [-0.15, -0.1) is 0 Å². The molecule has 2 aliphatic rings. The maximum atomic E-state index is 5.43. The van der Waals surface area contributed by atoms with Gasteiger partial charge in [-0.1, -0.05) is 12.1 Å². The molecular weight excluding hydrogens is 300 g/mol. The van der Waals surface area contributed by atoms with Crippen LogP contribution in [0.1, 0.15) is 72.9 Å². The molecule has 1 fully saturated rings. The van der Waals surface area contributed by atoms with Crippen LogP contribution in [0.15, 0.2) is 4.52 Å². The summed E-state index contributed by atoms with van der Waals surface area (Å²) in [6, 6.07) is 0.430. The maximum absolute atomic E-state index is 5.43. The molecule has 5 nitrogen and oxygen atoms in total. The predicted molar refractivity (Wildman–Crippen MR) is 92.9 cm³/mol. The Morgan fingerprint density at radius 2 is 2.04 bits per heavy atom. The summed E-state index contributed by atoms with van der Waals surface area (Å²) in [5.74, 6) is 2.24. The van der Waals surface area contributed by atoms with Crippen molar-refractivity contribution in [1.29, 1.82) is 0 Å². The van der Waals surface area contributed by atoms with Crippen LogP contribution in [0.25, 0.3) is 0 Å². The summed E-state index contributed by atoms with van der Waals surface area (Å²) in [6.45, 7) is 6.25. The molecular formula is C19H28N4O. The molecule has 0 amide bonds. The minimum Gasteiger partial charge on any atom is -0.361 e. The Labute approximate surface area is 144 Å².